The number of halogens is 1. The molecule has 0 aliphatic heterocycles. The summed E-state index contributed by atoms with van der Waals surface area (Å²) < 4.78 is 5.64. The minimum Gasteiger partial charge on any atom is -0.491 e. The third kappa shape index (κ3) is 8.62. The number of ether oxygens (including phenoxy) is 1. The Balaban J connectivity index is 0.00000364. The lowest BCUT2D eigenvalue weighted by molar-refractivity contribution is 0.114. The molecule has 0 spiro atoms. The number of aliphatic imine (C=N–C) groups is 1. The van der Waals surface area contributed by atoms with Crippen molar-refractivity contribution in [1.29, 1.82) is 0 Å². The molecule has 5 nitrogen and oxygen atoms in total. The molecule has 0 amide bonds. The van der Waals surface area contributed by atoms with Gasteiger partial charge in [-0.2, -0.15) is 0 Å². The maximum atomic E-state index is 10.2. The second-order valence-electron chi connectivity index (χ2n) is 6.32. The first kappa shape index (κ1) is 23.2. The number of nitrogens with one attached hydrogen (secondary N) is 1. The van der Waals surface area contributed by atoms with Gasteiger partial charge >= 0.3 is 0 Å². The SMILES string of the molecule is CCNC(=NCC(O)COc1cccc(C)c1)N(C)Cc1ccccc1.I. The highest BCUT2D eigenvalue weighted by atomic mass is 127. The van der Waals surface area contributed by atoms with Crippen molar-refractivity contribution in [2.24, 2.45) is 4.99 Å². The van der Waals surface area contributed by atoms with E-state index in [0.29, 0.717) is 0 Å². The average molecular weight is 483 g/mol. The van der Waals surface area contributed by atoms with Crippen molar-refractivity contribution < 1.29 is 9.84 Å². The molecule has 0 saturated carbocycles. The second kappa shape index (κ2) is 12.6. The van der Waals surface area contributed by atoms with E-state index < -0.39 is 6.10 Å². The Morgan fingerprint density at radius 2 is 1.93 bits per heavy atom. The number of hydrogen-bond donors (Lipinski definition) is 2. The van der Waals surface area contributed by atoms with Crippen molar-refractivity contribution in [3.63, 3.8) is 0 Å². The summed E-state index contributed by atoms with van der Waals surface area (Å²) in [6.07, 6.45) is -0.658. The van der Waals surface area contributed by atoms with Crippen LogP contribution in [0.1, 0.15) is 18.1 Å². The van der Waals surface area contributed by atoms with E-state index in [1.807, 2.05) is 68.3 Å². The monoisotopic (exact) mass is 483 g/mol. The molecule has 0 bridgehead atoms. The fourth-order valence-electron chi connectivity index (χ4n) is 2.54. The lowest BCUT2D eigenvalue weighted by Crippen LogP contribution is -2.39. The highest BCUT2D eigenvalue weighted by molar-refractivity contribution is 14.0. The molecule has 2 aromatic carbocycles. The maximum Gasteiger partial charge on any atom is 0.194 e. The molecule has 27 heavy (non-hydrogen) atoms. The first-order valence-corrected chi connectivity index (χ1v) is 8.99. The minimum absolute atomic E-state index is 0. The molecule has 6 heteroatoms. The highest BCUT2D eigenvalue weighted by Gasteiger charge is 2.09. The van der Waals surface area contributed by atoms with E-state index in [-0.39, 0.29) is 37.1 Å². The highest BCUT2D eigenvalue weighted by Crippen LogP contribution is 2.12. The van der Waals surface area contributed by atoms with Crippen LogP contribution in [0.4, 0.5) is 0 Å². The zero-order valence-corrected chi connectivity index (χ0v) is 18.6. The Morgan fingerprint density at radius 1 is 1.19 bits per heavy atom. The van der Waals surface area contributed by atoms with E-state index in [1.54, 1.807) is 0 Å². The number of rotatable bonds is 8. The molecule has 0 aliphatic carbocycles. The number of hydrogen-bond acceptors (Lipinski definition) is 3. The molecule has 2 aromatic rings. The summed E-state index contributed by atoms with van der Waals surface area (Å²) in [6.45, 7) is 6.07. The Hall–Kier alpha value is -1.80. The second-order valence-corrected chi connectivity index (χ2v) is 6.32. The van der Waals surface area contributed by atoms with E-state index in [4.69, 9.17) is 4.74 Å². The molecule has 2 N–H and O–H groups in total. The van der Waals surface area contributed by atoms with Gasteiger partial charge in [-0.05, 0) is 37.1 Å². The van der Waals surface area contributed by atoms with Gasteiger partial charge in [-0.1, -0.05) is 42.5 Å². The largest absolute Gasteiger partial charge is 0.491 e. The Labute approximate surface area is 179 Å². The molecule has 0 aliphatic rings. The van der Waals surface area contributed by atoms with Gasteiger partial charge in [-0.15, -0.1) is 24.0 Å². The van der Waals surface area contributed by atoms with Gasteiger partial charge in [0.15, 0.2) is 5.96 Å². The zero-order chi connectivity index (χ0) is 18.8. The van der Waals surface area contributed by atoms with Crippen LogP contribution < -0.4 is 10.1 Å². The van der Waals surface area contributed by atoms with Crippen LogP contribution in [0.25, 0.3) is 0 Å². The van der Waals surface area contributed by atoms with Crippen molar-refractivity contribution in [2.45, 2.75) is 26.5 Å². The summed E-state index contributed by atoms with van der Waals surface area (Å²) in [5.74, 6) is 1.53. The Bertz CT molecular complexity index is 695. The first-order valence-electron chi connectivity index (χ1n) is 8.99. The molecule has 0 aromatic heterocycles. The fraction of sp³-hybridized carbons (Fsp3) is 0.381. The Kier molecular flexibility index (Phi) is 10.8. The van der Waals surface area contributed by atoms with Crippen LogP contribution in [0.2, 0.25) is 0 Å². The third-order valence-corrected chi connectivity index (χ3v) is 3.84. The van der Waals surface area contributed by atoms with E-state index in [1.165, 1.54) is 5.56 Å². The van der Waals surface area contributed by atoms with Gasteiger partial charge in [0, 0.05) is 20.1 Å². The van der Waals surface area contributed by atoms with Gasteiger partial charge in [-0.3, -0.25) is 4.99 Å². The van der Waals surface area contributed by atoms with Crippen LogP contribution in [0.15, 0.2) is 59.6 Å². The summed E-state index contributed by atoms with van der Waals surface area (Å²) in [5.41, 5.74) is 2.34. The molecule has 2 rings (SSSR count). The van der Waals surface area contributed by atoms with Crippen molar-refractivity contribution in [3.8, 4) is 5.75 Å². The van der Waals surface area contributed by atoms with Gasteiger partial charge in [-0.25, -0.2) is 0 Å². The molecular formula is C21H30IN3O2. The molecule has 1 atom stereocenters. The van der Waals surface area contributed by atoms with Crippen LogP contribution in [0, 0.1) is 6.92 Å². The zero-order valence-electron chi connectivity index (χ0n) is 16.3. The molecule has 0 radical (unpaired) electrons. The third-order valence-electron chi connectivity index (χ3n) is 3.84. The summed E-state index contributed by atoms with van der Waals surface area (Å²) in [4.78, 5) is 6.59. The van der Waals surface area contributed by atoms with Crippen molar-refractivity contribution in [1.82, 2.24) is 10.2 Å². The van der Waals surface area contributed by atoms with Crippen molar-refractivity contribution in [3.05, 3.63) is 65.7 Å². The van der Waals surface area contributed by atoms with Crippen LogP contribution >= 0.6 is 24.0 Å². The van der Waals surface area contributed by atoms with Crippen LogP contribution in [-0.4, -0.2) is 48.8 Å². The number of guanidine groups is 1. The van der Waals surface area contributed by atoms with Crippen LogP contribution in [0.5, 0.6) is 5.75 Å². The Morgan fingerprint density at radius 3 is 2.59 bits per heavy atom. The number of aliphatic hydroxyl groups excluding tert-OH is 1. The van der Waals surface area contributed by atoms with Crippen LogP contribution in [0.3, 0.4) is 0 Å². The number of aliphatic hydroxyl groups is 1. The van der Waals surface area contributed by atoms with Crippen molar-refractivity contribution >= 4 is 29.9 Å². The number of nitrogens with zero attached hydrogens (tertiary/aromatic N) is 2. The molecule has 0 saturated heterocycles. The molecule has 1 unspecified atom stereocenters. The maximum absolute atomic E-state index is 10.2. The number of benzene rings is 2. The van der Waals surface area contributed by atoms with Gasteiger partial charge < -0.3 is 20.1 Å². The quantitative estimate of drug-likeness (QED) is 0.343. The van der Waals surface area contributed by atoms with E-state index >= 15 is 0 Å². The minimum atomic E-state index is -0.658. The number of aryl methyl sites for hydroxylation is 1. The normalized spacial score (nSPS) is 12.1. The van der Waals surface area contributed by atoms with Crippen LogP contribution in [-0.2, 0) is 6.54 Å². The van der Waals surface area contributed by atoms with Gasteiger partial charge in [0.1, 0.15) is 18.5 Å². The van der Waals surface area contributed by atoms with Gasteiger partial charge in [0.2, 0.25) is 0 Å². The van der Waals surface area contributed by atoms with E-state index in [9.17, 15) is 5.11 Å². The van der Waals surface area contributed by atoms with E-state index in [0.717, 1.165) is 30.4 Å². The van der Waals surface area contributed by atoms with Gasteiger partial charge in [0.25, 0.3) is 0 Å². The predicted molar refractivity (Wildman–Crippen MR) is 122 cm³/mol. The smallest absolute Gasteiger partial charge is 0.194 e. The van der Waals surface area contributed by atoms with Crippen molar-refractivity contribution in [2.75, 3.05) is 26.7 Å². The lowest BCUT2D eigenvalue weighted by Gasteiger charge is -2.22. The fourth-order valence-corrected chi connectivity index (χ4v) is 2.54. The molecule has 148 valence electrons. The summed E-state index contributed by atoms with van der Waals surface area (Å²) in [6, 6.07) is 18.0. The summed E-state index contributed by atoms with van der Waals surface area (Å²) >= 11 is 0. The summed E-state index contributed by atoms with van der Waals surface area (Å²) in [5, 5.41) is 13.5. The molecule has 0 heterocycles. The topological polar surface area (TPSA) is 57.1 Å². The molecule has 0 fully saturated rings. The molecular weight excluding hydrogens is 453 g/mol. The standard InChI is InChI=1S/C21H29N3O2.HI/c1-4-22-21(24(3)15-18-10-6-5-7-11-18)23-14-19(25)16-26-20-12-8-9-17(2)13-20;/h5-13,19,25H,4,14-16H2,1-3H3,(H,22,23);1H. The van der Waals surface area contributed by atoms with Gasteiger partial charge in [0.05, 0.1) is 6.54 Å². The average Bonchev–Trinajstić information content (AvgIpc) is 2.64. The summed E-state index contributed by atoms with van der Waals surface area (Å²) in [7, 11) is 1.99. The first-order chi connectivity index (χ1) is 12.6. The van der Waals surface area contributed by atoms with E-state index in [2.05, 4.69) is 22.4 Å². The lowest BCUT2D eigenvalue weighted by atomic mass is 10.2. The predicted octanol–water partition coefficient (Wildman–Crippen LogP) is 3.45.